The Hall–Kier alpha value is -1.14. The Morgan fingerprint density at radius 1 is 1.64 bits per heavy atom. The van der Waals surface area contributed by atoms with E-state index in [0.29, 0.717) is 10.2 Å². The molecular formula is C8H8BrFN2O2. The van der Waals surface area contributed by atoms with Gasteiger partial charge in [0.2, 0.25) is 0 Å². The number of carbonyl (C=O) groups excluding carboxylic acids is 1. The Bertz CT molecular complexity index is 371. The third kappa shape index (κ3) is 2.02. The number of methoxy groups -OCH3 is 1. The van der Waals surface area contributed by atoms with E-state index in [-0.39, 0.29) is 5.56 Å². The van der Waals surface area contributed by atoms with Crippen molar-refractivity contribution in [3.63, 3.8) is 0 Å². The summed E-state index contributed by atoms with van der Waals surface area (Å²) in [6, 6.07) is 2.41. The number of nitrogen functional groups attached to an aromatic ring is 1. The molecule has 3 N–H and O–H groups in total. The molecule has 76 valence electrons. The van der Waals surface area contributed by atoms with Crippen LogP contribution in [0, 0.1) is 5.82 Å². The van der Waals surface area contributed by atoms with Gasteiger partial charge >= 0.3 is 0 Å². The number of benzene rings is 1. The van der Waals surface area contributed by atoms with Gasteiger partial charge in [-0.25, -0.2) is 10.2 Å². The van der Waals surface area contributed by atoms with E-state index in [4.69, 9.17) is 10.6 Å². The predicted molar refractivity (Wildman–Crippen MR) is 52.3 cm³/mol. The standard InChI is InChI=1S/C8H8BrFN2O2/c1-14-7-2-4(8(13)12-11)6(10)3-5(7)9/h2-3H,11H2,1H3,(H,12,13). The minimum Gasteiger partial charge on any atom is -0.496 e. The third-order valence-corrected chi connectivity index (χ3v) is 2.24. The Morgan fingerprint density at radius 2 is 2.29 bits per heavy atom. The molecule has 0 saturated carbocycles. The number of hydrazine groups is 1. The molecule has 0 radical (unpaired) electrons. The highest BCUT2D eigenvalue weighted by Gasteiger charge is 2.14. The van der Waals surface area contributed by atoms with Gasteiger partial charge in [-0.15, -0.1) is 0 Å². The van der Waals surface area contributed by atoms with Crippen LogP contribution in [0.5, 0.6) is 5.75 Å². The Morgan fingerprint density at radius 3 is 2.79 bits per heavy atom. The van der Waals surface area contributed by atoms with Crippen molar-refractivity contribution in [1.29, 1.82) is 0 Å². The van der Waals surface area contributed by atoms with E-state index < -0.39 is 11.7 Å². The van der Waals surface area contributed by atoms with E-state index in [1.54, 1.807) is 0 Å². The molecule has 1 rings (SSSR count). The zero-order valence-electron chi connectivity index (χ0n) is 7.30. The SMILES string of the molecule is COc1cc(C(=O)NN)c(F)cc1Br. The maximum atomic E-state index is 13.2. The van der Waals surface area contributed by atoms with Crippen molar-refractivity contribution in [1.82, 2.24) is 5.43 Å². The molecule has 0 fully saturated rings. The molecule has 0 aliphatic heterocycles. The zero-order valence-corrected chi connectivity index (χ0v) is 8.89. The average molecular weight is 263 g/mol. The largest absolute Gasteiger partial charge is 0.496 e. The van der Waals surface area contributed by atoms with Gasteiger partial charge < -0.3 is 4.74 Å². The summed E-state index contributed by atoms with van der Waals surface area (Å²) in [7, 11) is 1.42. The average Bonchev–Trinajstić information content (AvgIpc) is 2.17. The zero-order chi connectivity index (χ0) is 10.7. The molecule has 0 bridgehead atoms. The van der Waals surface area contributed by atoms with Crippen LogP contribution in [0.3, 0.4) is 0 Å². The van der Waals surface area contributed by atoms with Crippen LogP contribution >= 0.6 is 15.9 Å². The lowest BCUT2D eigenvalue weighted by Gasteiger charge is -2.06. The fraction of sp³-hybridized carbons (Fsp3) is 0.125. The highest BCUT2D eigenvalue weighted by molar-refractivity contribution is 9.10. The van der Waals surface area contributed by atoms with Crippen LogP contribution in [0.15, 0.2) is 16.6 Å². The van der Waals surface area contributed by atoms with Crippen LogP contribution in [0.2, 0.25) is 0 Å². The van der Waals surface area contributed by atoms with E-state index >= 15 is 0 Å². The summed E-state index contributed by atoms with van der Waals surface area (Å²) >= 11 is 3.08. The van der Waals surface area contributed by atoms with Gasteiger partial charge in [0.15, 0.2) is 0 Å². The number of hydrogen-bond acceptors (Lipinski definition) is 3. The Kier molecular flexibility index (Phi) is 3.43. The number of ether oxygens (including phenoxy) is 1. The molecular weight excluding hydrogens is 255 g/mol. The topological polar surface area (TPSA) is 64.3 Å². The van der Waals surface area contributed by atoms with Crippen molar-refractivity contribution in [2.75, 3.05) is 7.11 Å². The fourth-order valence-electron chi connectivity index (χ4n) is 0.937. The first-order chi connectivity index (χ1) is 6.60. The van der Waals surface area contributed by atoms with E-state index in [9.17, 15) is 9.18 Å². The van der Waals surface area contributed by atoms with Gasteiger partial charge in [-0.2, -0.15) is 0 Å². The molecule has 6 heteroatoms. The monoisotopic (exact) mass is 262 g/mol. The van der Waals surface area contributed by atoms with Crippen molar-refractivity contribution in [3.8, 4) is 5.75 Å². The number of nitrogens with two attached hydrogens (primary N) is 1. The van der Waals surface area contributed by atoms with Crippen LogP contribution in [0.1, 0.15) is 10.4 Å². The molecule has 0 unspecified atom stereocenters. The minimum absolute atomic E-state index is 0.160. The summed E-state index contributed by atoms with van der Waals surface area (Å²) < 4.78 is 18.5. The maximum absolute atomic E-state index is 13.2. The van der Waals surface area contributed by atoms with Crippen LogP contribution < -0.4 is 16.0 Å². The van der Waals surface area contributed by atoms with Crippen molar-refractivity contribution < 1.29 is 13.9 Å². The summed E-state index contributed by atoms with van der Waals surface area (Å²) in [5, 5.41) is 0. The number of rotatable bonds is 2. The number of carbonyl (C=O) groups is 1. The van der Waals surface area contributed by atoms with Crippen LogP contribution in [-0.4, -0.2) is 13.0 Å². The second-order valence-electron chi connectivity index (χ2n) is 2.44. The van der Waals surface area contributed by atoms with Gasteiger partial charge in [0.25, 0.3) is 5.91 Å². The summed E-state index contributed by atoms with van der Waals surface area (Å²) in [4.78, 5) is 11.1. The second-order valence-corrected chi connectivity index (χ2v) is 3.29. The molecule has 1 amide bonds. The van der Waals surface area contributed by atoms with Crippen LogP contribution in [-0.2, 0) is 0 Å². The molecule has 0 saturated heterocycles. The lowest BCUT2D eigenvalue weighted by atomic mass is 10.2. The van der Waals surface area contributed by atoms with Gasteiger partial charge in [0, 0.05) is 0 Å². The molecule has 0 atom stereocenters. The highest BCUT2D eigenvalue weighted by atomic mass is 79.9. The number of amides is 1. The van der Waals surface area contributed by atoms with Gasteiger partial charge in [0.1, 0.15) is 11.6 Å². The van der Waals surface area contributed by atoms with Gasteiger partial charge in [0.05, 0.1) is 17.1 Å². The third-order valence-electron chi connectivity index (χ3n) is 1.62. The molecule has 0 aliphatic carbocycles. The second kappa shape index (κ2) is 4.39. The van der Waals surface area contributed by atoms with Gasteiger partial charge in [-0.3, -0.25) is 10.2 Å². The van der Waals surface area contributed by atoms with Crippen LogP contribution in [0.25, 0.3) is 0 Å². The van der Waals surface area contributed by atoms with Crippen molar-refractivity contribution >= 4 is 21.8 Å². The molecule has 0 aromatic heterocycles. The molecule has 0 heterocycles. The number of halogens is 2. The first kappa shape index (κ1) is 10.9. The maximum Gasteiger partial charge on any atom is 0.268 e. The predicted octanol–water partition coefficient (Wildman–Crippen LogP) is 1.20. The lowest BCUT2D eigenvalue weighted by molar-refractivity contribution is 0.0949. The van der Waals surface area contributed by atoms with Gasteiger partial charge in [-0.1, -0.05) is 0 Å². The molecule has 0 aliphatic rings. The van der Waals surface area contributed by atoms with E-state index in [1.807, 2.05) is 5.43 Å². The Balaban J connectivity index is 3.24. The molecule has 0 spiro atoms. The summed E-state index contributed by atoms with van der Waals surface area (Å²) in [6.07, 6.45) is 0. The van der Waals surface area contributed by atoms with Crippen molar-refractivity contribution in [2.24, 2.45) is 5.84 Å². The fourth-order valence-corrected chi connectivity index (χ4v) is 1.41. The summed E-state index contributed by atoms with van der Waals surface area (Å²) in [6.45, 7) is 0. The first-order valence-corrected chi connectivity index (χ1v) is 4.43. The molecule has 1 aromatic carbocycles. The van der Waals surface area contributed by atoms with Crippen molar-refractivity contribution in [2.45, 2.75) is 0 Å². The van der Waals surface area contributed by atoms with E-state index in [2.05, 4.69) is 15.9 Å². The minimum atomic E-state index is -0.701. The quantitative estimate of drug-likeness (QED) is 0.478. The van der Waals surface area contributed by atoms with E-state index in [0.717, 1.165) is 6.07 Å². The van der Waals surface area contributed by atoms with Crippen LogP contribution in [0.4, 0.5) is 4.39 Å². The summed E-state index contributed by atoms with van der Waals surface area (Å²) in [5.41, 5.74) is 1.68. The van der Waals surface area contributed by atoms with E-state index in [1.165, 1.54) is 13.2 Å². The van der Waals surface area contributed by atoms with Crippen molar-refractivity contribution in [3.05, 3.63) is 28.0 Å². The number of nitrogens with one attached hydrogen (secondary N) is 1. The molecule has 4 nitrogen and oxygen atoms in total. The smallest absolute Gasteiger partial charge is 0.268 e. The highest BCUT2D eigenvalue weighted by Crippen LogP contribution is 2.27. The first-order valence-electron chi connectivity index (χ1n) is 3.64. The Labute approximate surface area is 88.3 Å². The van der Waals surface area contributed by atoms with Gasteiger partial charge in [-0.05, 0) is 28.1 Å². The molecule has 14 heavy (non-hydrogen) atoms. The number of hydrogen-bond donors (Lipinski definition) is 2. The normalized spacial score (nSPS) is 9.71. The lowest BCUT2D eigenvalue weighted by Crippen LogP contribution is -2.30. The molecule has 1 aromatic rings. The summed E-state index contributed by atoms with van der Waals surface area (Å²) in [5.74, 6) is 3.88.